The number of nitrogens with one attached hydrogen (secondary N) is 2. The van der Waals surface area contributed by atoms with Crippen LogP contribution in [0.25, 0.3) is 0 Å². The largest absolute Gasteiger partial charge is 0.478 e. The Morgan fingerprint density at radius 1 is 1.21 bits per heavy atom. The van der Waals surface area contributed by atoms with Crippen LogP contribution >= 0.6 is 0 Å². The van der Waals surface area contributed by atoms with Crippen LogP contribution in [0.4, 0.5) is 32.1 Å². The molecular weight excluding hydrogens is 470 g/mol. The Balaban J connectivity index is 1.92. The van der Waals surface area contributed by atoms with E-state index >= 15 is 0 Å². The van der Waals surface area contributed by atoms with Gasteiger partial charge < -0.3 is 15.7 Å². The summed E-state index contributed by atoms with van der Waals surface area (Å²) in [6.07, 6.45) is 3.41. The topological polar surface area (TPSA) is 137 Å². The summed E-state index contributed by atoms with van der Waals surface area (Å²) in [5.74, 6) is -4.49. The number of rotatable bonds is 9. The number of carboxylic acids is 1. The molecule has 0 aliphatic carbocycles. The van der Waals surface area contributed by atoms with Gasteiger partial charge >= 0.3 is 5.97 Å². The second kappa shape index (κ2) is 9.55. The minimum atomic E-state index is -3.60. The van der Waals surface area contributed by atoms with Crippen molar-refractivity contribution in [2.45, 2.75) is 19.4 Å². The van der Waals surface area contributed by atoms with Crippen molar-refractivity contribution >= 4 is 39.3 Å². The molecule has 0 atom stereocenters. The van der Waals surface area contributed by atoms with Gasteiger partial charge in [-0.2, -0.15) is 4.98 Å². The van der Waals surface area contributed by atoms with E-state index in [1.165, 1.54) is 31.4 Å². The number of nitrogens with zero attached hydrogens (tertiary/aromatic N) is 4. The zero-order valence-electron chi connectivity index (χ0n) is 18.5. The van der Waals surface area contributed by atoms with Crippen molar-refractivity contribution in [3.8, 4) is 0 Å². The van der Waals surface area contributed by atoms with Crippen LogP contribution in [0.3, 0.4) is 0 Å². The van der Waals surface area contributed by atoms with Gasteiger partial charge in [-0.1, -0.05) is 12.1 Å². The van der Waals surface area contributed by atoms with Gasteiger partial charge in [-0.3, -0.25) is 4.31 Å². The van der Waals surface area contributed by atoms with Crippen LogP contribution in [0, 0.1) is 0 Å². The lowest BCUT2D eigenvalue weighted by Crippen LogP contribution is -2.27. The average Bonchev–Trinajstić information content (AvgIpc) is 2.76. The molecule has 0 aliphatic heterocycles. The van der Waals surface area contributed by atoms with Crippen molar-refractivity contribution in [3.05, 3.63) is 65.5 Å². The van der Waals surface area contributed by atoms with E-state index in [4.69, 9.17) is 5.11 Å². The van der Waals surface area contributed by atoms with Gasteiger partial charge in [0, 0.05) is 44.2 Å². The number of aromatic carboxylic acids is 1. The second-order valence-electron chi connectivity index (χ2n) is 7.43. The van der Waals surface area contributed by atoms with Gasteiger partial charge in [0.1, 0.15) is 11.6 Å². The van der Waals surface area contributed by atoms with Crippen LogP contribution in [0.15, 0.2) is 48.8 Å². The number of aromatic nitrogens is 3. The third-order valence-corrected chi connectivity index (χ3v) is 5.90. The van der Waals surface area contributed by atoms with Gasteiger partial charge in [0.2, 0.25) is 16.0 Å². The molecule has 180 valence electrons. The summed E-state index contributed by atoms with van der Waals surface area (Å²) in [6.45, 7) is 0.643. The summed E-state index contributed by atoms with van der Waals surface area (Å²) < 4.78 is 53.2. The molecule has 2 heterocycles. The van der Waals surface area contributed by atoms with E-state index in [1.54, 1.807) is 18.2 Å². The van der Waals surface area contributed by atoms with E-state index in [9.17, 15) is 22.0 Å². The minimum Gasteiger partial charge on any atom is -0.478 e. The maximum absolute atomic E-state index is 14.2. The number of alkyl halides is 2. The molecular formula is C21H22F2N6O4S. The molecule has 3 N–H and O–H groups in total. The second-order valence-corrected chi connectivity index (χ2v) is 9.44. The highest BCUT2D eigenvalue weighted by Gasteiger charge is 2.30. The normalized spacial score (nSPS) is 11.7. The van der Waals surface area contributed by atoms with Crippen LogP contribution < -0.4 is 14.9 Å². The number of halogens is 2. The standard InChI is InChI=1S/C21H22F2N6O4S/c1-21(22,23)16-12-26-20(27-15-8-4-6-13(10-15)19(30)31)28-17(16)25-11-14-7-5-9-24-18(14)29(2)34(3,32)33/h4-10,12H,11H2,1-3H3,(H,30,31)(H2,25,26,27,28). The zero-order valence-corrected chi connectivity index (χ0v) is 19.3. The van der Waals surface area contributed by atoms with Gasteiger partial charge in [0.15, 0.2) is 0 Å². The quantitative estimate of drug-likeness (QED) is 0.410. The van der Waals surface area contributed by atoms with Gasteiger partial charge in [-0.25, -0.2) is 32.0 Å². The van der Waals surface area contributed by atoms with E-state index in [0.717, 1.165) is 16.8 Å². The molecule has 0 amide bonds. The molecule has 3 rings (SSSR count). The number of hydrogen-bond donors (Lipinski definition) is 3. The fraction of sp³-hybridized carbons (Fsp3) is 0.238. The molecule has 34 heavy (non-hydrogen) atoms. The van der Waals surface area contributed by atoms with Crippen molar-refractivity contribution in [1.29, 1.82) is 0 Å². The third kappa shape index (κ3) is 5.92. The first-order chi connectivity index (χ1) is 15.9. The highest BCUT2D eigenvalue weighted by atomic mass is 32.2. The highest BCUT2D eigenvalue weighted by molar-refractivity contribution is 7.92. The summed E-state index contributed by atoms with van der Waals surface area (Å²) >= 11 is 0. The number of hydrogen-bond acceptors (Lipinski definition) is 8. The first-order valence-electron chi connectivity index (χ1n) is 9.83. The Labute approximate surface area is 194 Å². The number of anilines is 4. The van der Waals surface area contributed by atoms with Crippen molar-refractivity contribution in [2.24, 2.45) is 0 Å². The van der Waals surface area contributed by atoms with Crippen molar-refractivity contribution in [1.82, 2.24) is 15.0 Å². The predicted octanol–water partition coefficient (Wildman–Crippen LogP) is 3.43. The Morgan fingerprint density at radius 3 is 2.59 bits per heavy atom. The predicted molar refractivity (Wildman–Crippen MR) is 123 cm³/mol. The Kier molecular flexibility index (Phi) is 6.96. The van der Waals surface area contributed by atoms with Gasteiger partial charge in [0.05, 0.1) is 17.4 Å². The first-order valence-corrected chi connectivity index (χ1v) is 11.7. The maximum atomic E-state index is 14.2. The van der Waals surface area contributed by atoms with Crippen LogP contribution in [-0.4, -0.2) is 47.7 Å². The fourth-order valence-electron chi connectivity index (χ4n) is 2.94. The SMILES string of the molecule is CN(c1ncccc1CNc1nc(Nc2cccc(C(=O)O)c2)ncc1C(C)(F)F)S(C)(=O)=O. The lowest BCUT2D eigenvalue weighted by Gasteiger charge is -2.20. The lowest BCUT2D eigenvalue weighted by atomic mass is 10.1. The van der Waals surface area contributed by atoms with E-state index in [-0.39, 0.29) is 29.7 Å². The molecule has 3 aromatic rings. The van der Waals surface area contributed by atoms with E-state index < -0.39 is 27.5 Å². The van der Waals surface area contributed by atoms with Crippen molar-refractivity contribution in [3.63, 3.8) is 0 Å². The molecule has 2 aromatic heterocycles. The number of sulfonamides is 1. The number of carbonyl (C=O) groups is 1. The molecule has 0 aliphatic rings. The zero-order chi connectivity index (χ0) is 25.1. The third-order valence-electron chi connectivity index (χ3n) is 4.74. The number of pyridine rings is 1. The van der Waals surface area contributed by atoms with Crippen LogP contribution in [0.2, 0.25) is 0 Å². The molecule has 0 fully saturated rings. The van der Waals surface area contributed by atoms with Gasteiger partial charge in [-0.15, -0.1) is 0 Å². The molecule has 1 aromatic carbocycles. The Hall–Kier alpha value is -3.87. The molecule has 0 unspecified atom stereocenters. The Morgan fingerprint density at radius 2 is 1.94 bits per heavy atom. The summed E-state index contributed by atoms with van der Waals surface area (Å²) in [5.41, 5.74) is 0.340. The fourth-order valence-corrected chi connectivity index (χ4v) is 3.42. The molecule has 13 heteroatoms. The molecule has 10 nitrogen and oxygen atoms in total. The monoisotopic (exact) mass is 492 g/mol. The Bertz CT molecular complexity index is 1310. The van der Waals surface area contributed by atoms with Crippen LogP contribution in [-0.2, 0) is 22.5 Å². The molecule has 0 bridgehead atoms. The highest BCUT2D eigenvalue weighted by Crippen LogP contribution is 2.33. The summed E-state index contributed by atoms with van der Waals surface area (Å²) in [5, 5.41) is 14.7. The van der Waals surface area contributed by atoms with E-state index in [2.05, 4.69) is 25.6 Å². The smallest absolute Gasteiger partial charge is 0.335 e. The van der Waals surface area contributed by atoms with Gasteiger partial charge in [0.25, 0.3) is 5.92 Å². The van der Waals surface area contributed by atoms with Crippen LogP contribution in [0.5, 0.6) is 0 Å². The summed E-state index contributed by atoms with van der Waals surface area (Å²) in [4.78, 5) is 23.3. The van der Waals surface area contributed by atoms with Crippen molar-refractivity contribution in [2.75, 3.05) is 28.2 Å². The minimum absolute atomic E-state index is 0.0270. The van der Waals surface area contributed by atoms with Crippen LogP contribution in [0.1, 0.15) is 28.4 Å². The van der Waals surface area contributed by atoms with E-state index in [1.807, 2.05) is 0 Å². The van der Waals surface area contributed by atoms with E-state index in [0.29, 0.717) is 18.2 Å². The summed E-state index contributed by atoms with van der Waals surface area (Å²) in [6, 6.07) is 9.05. The molecule has 0 saturated heterocycles. The maximum Gasteiger partial charge on any atom is 0.335 e. The van der Waals surface area contributed by atoms with Gasteiger partial charge in [-0.05, 0) is 24.3 Å². The molecule has 0 saturated carbocycles. The average molecular weight is 493 g/mol. The van der Waals surface area contributed by atoms with Crippen molar-refractivity contribution < 1.29 is 27.1 Å². The molecule has 0 radical (unpaired) electrons. The lowest BCUT2D eigenvalue weighted by molar-refractivity contribution is 0.0176. The summed E-state index contributed by atoms with van der Waals surface area (Å²) in [7, 11) is -2.26. The molecule has 0 spiro atoms. The number of carboxylic acid groups (broad SMARTS) is 1. The first kappa shape index (κ1) is 24.8. The number of benzene rings is 1.